The summed E-state index contributed by atoms with van der Waals surface area (Å²) in [5, 5.41) is 20.0. The lowest BCUT2D eigenvalue weighted by Crippen LogP contribution is -2.75. The first-order valence-electron chi connectivity index (χ1n) is 4.93. The second-order valence-corrected chi connectivity index (χ2v) is 5.58. The second kappa shape index (κ2) is 2.10. The highest BCUT2D eigenvalue weighted by atomic mass is 16.4. The Kier molecular flexibility index (Phi) is 1.52. The Hall–Kier alpha value is -0.120. The maximum Gasteiger partial charge on any atom is 0.142 e. The normalized spacial score (nSPS) is 58.6. The summed E-state index contributed by atoms with van der Waals surface area (Å²) in [5.41, 5.74) is 3.31. The minimum absolute atomic E-state index is 0.133. The molecule has 0 amide bonds. The maximum absolute atomic E-state index is 10.2. The minimum atomic E-state index is -1.39. The molecule has 2 bridgehead atoms. The van der Waals surface area contributed by atoms with E-state index in [1.165, 1.54) is 0 Å². The third-order valence-corrected chi connectivity index (χ3v) is 4.58. The molecule has 13 heavy (non-hydrogen) atoms. The molecule has 0 spiro atoms. The molecule has 3 aliphatic rings. The first kappa shape index (κ1) is 9.44. The predicted molar refractivity (Wildman–Crippen MR) is 49.8 cm³/mol. The topological polar surface area (TPSA) is 66.5 Å². The molecule has 0 saturated heterocycles. The highest BCUT2D eigenvalue weighted by Gasteiger charge is 2.67. The molecule has 3 saturated carbocycles. The van der Waals surface area contributed by atoms with Crippen molar-refractivity contribution < 1.29 is 10.2 Å². The van der Waals surface area contributed by atoms with E-state index in [1.807, 2.05) is 0 Å². The average molecular weight is 185 g/mol. The molecule has 3 fully saturated rings. The summed E-state index contributed by atoms with van der Waals surface area (Å²) in [7, 11) is 0. The van der Waals surface area contributed by atoms with Gasteiger partial charge in [-0.1, -0.05) is 13.8 Å². The molecule has 0 aliphatic heterocycles. The van der Waals surface area contributed by atoms with Crippen LogP contribution in [0, 0.1) is 17.3 Å². The lowest BCUT2D eigenvalue weighted by atomic mass is 9.42. The van der Waals surface area contributed by atoms with E-state index in [-0.39, 0.29) is 11.3 Å². The van der Waals surface area contributed by atoms with Gasteiger partial charge in [0.15, 0.2) is 0 Å². The number of rotatable bonds is 0. The van der Waals surface area contributed by atoms with Gasteiger partial charge < -0.3 is 15.9 Å². The molecule has 2 unspecified atom stereocenters. The van der Waals surface area contributed by atoms with Crippen LogP contribution in [0.15, 0.2) is 0 Å². The molecule has 0 radical (unpaired) electrons. The van der Waals surface area contributed by atoms with Crippen molar-refractivity contribution in [3.05, 3.63) is 0 Å². The summed E-state index contributed by atoms with van der Waals surface area (Å²) in [5.74, 6) is 0.599. The zero-order valence-corrected chi connectivity index (χ0v) is 8.54. The number of fused-ring (bicyclic) bond motifs is 2. The van der Waals surface area contributed by atoms with Crippen LogP contribution in [0.5, 0.6) is 0 Å². The van der Waals surface area contributed by atoms with Gasteiger partial charge in [0.25, 0.3) is 0 Å². The summed E-state index contributed by atoms with van der Waals surface area (Å²) < 4.78 is 0. The molecular weight excluding hydrogens is 166 g/mol. The molecule has 0 aromatic heterocycles. The van der Waals surface area contributed by atoms with Gasteiger partial charge >= 0.3 is 0 Å². The molecule has 3 rings (SSSR count). The van der Waals surface area contributed by atoms with Crippen LogP contribution >= 0.6 is 0 Å². The zero-order valence-electron chi connectivity index (χ0n) is 8.54. The van der Waals surface area contributed by atoms with Crippen molar-refractivity contribution in [1.29, 1.82) is 0 Å². The van der Waals surface area contributed by atoms with Gasteiger partial charge in [-0.05, 0) is 37.0 Å². The monoisotopic (exact) mass is 185 g/mol. The lowest BCUT2D eigenvalue weighted by Gasteiger charge is -2.66. The molecule has 3 aliphatic carbocycles. The lowest BCUT2D eigenvalue weighted by molar-refractivity contribution is -0.289. The van der Waals surface area contributed by atoms with Crippen LogP contribution in [0.25, 0.3) is 0 Å². The molecular formula is C10H19NO2. The quantitative estimate of drug-likeness (QED) is 0.480. The molecule has 3 heteroatoms. The first-order chi connectivity index (χ1) is 5.69. The van der Waals surface area contributed by atoms with Crippen molar-refractivity contribution in [2.24, 2.45) is 23.0 Å². The van der Waals surface area contributed by atoms with Gasteiger partial charge in [-0.3, -0.25) is 0 Å². The fraction of sp³-hybridized carbons (Fsp3) is 1.00. The average Bonchev–Trinajstić information content (AvgIpc) is 1.94. The fourth-order valence-electron chi connectivity index (χ4n) is 3.20. The smallest absolute Gasteiger partial charge is 0.142 e. The van der Waals surface area contributed by atoms with E-state index < -0.39 is 11.3 Å². The Balaban J connectivity index is 2.34. The Morgan fingerprint density at radius 3 is 2.08 bits per heavy atom. The SMILES string of the molecule is CC1(C)[C@H]2C[C@@H]1C(C)(O)C(N)(O)C2. The van der Waals surface area contributed by atoms with Crippen molar-refractivity contribution in [1.82, 2.24) is 0 Å². The molecule has 0 aromatic carbocycles. The standard InChI is InChI=1S/C10H19NO2/c1-8(2)6-4-7(8)9(3,12)10(11,13)5-6/h6-7,12-13H,4-5,11H2,1-3H3/t6-,7-,9?,10?/m0/s1. The maximum atomic E-state index is 10.2. The van der Waals surface area contributed by atoms with Crippen LogP contribution in [-0.2, 0) is 0 Å². The summed E-state index contributed by atoms with van der Waals surface area (Å²) >= 11 is 0. The third kappa shape index (κ3) is 0.901. The Bertz CT molecular complexity index is 245. The molecule has 3 nitrogen and oxygen atoms in total. The number of aliphatic hydroxyl groups is 2. The highest BCUT2D eigenvalue weighted by Crippen LogP contribution is 2.64. The van der Waals surface area contributed by atoms with Crippen LogP contribution < -0.4 is 5.73 Å². The fourth-order valence-corrected chi connectivity index (χ4v) is 3.20. The van der Waals surface area contributed by atoms with Gasteiger partial charge in [0.2, 0.25) is 0 Å². The number of hydrogen-bond acceptors (Lipinski definition) is 3. The van der Waals surface area contributed by atoms with Gasteiger partial charge in [0.1, 0.15) is 11.3 Å². The van der Waals surface area contributed by atoms with E-state index in [4.69, 9.17) is 5.73 Å². The number of nitrogens with two attached hydrogens (primary N) is 1. The Morgan fingerprint density at radius 2 is 1.77 bits per heavy atom. The van der Waals surface area contributed by atoms with Crippen molar-refractivity contribution in [3.63, 3.8) is 0 Å². The number of hydrogen-bond donors (Lipinski definition) is 3. The van der Waals surface area contributed by atoms with Crippen LogP contribution in [0.4, 0.5) is 0 Å². The Morgan fingerprint density at radius 1 is 1.23 bits per heavy atom. The van der Waals surface area contributed by atoms with Crippen molar-refractivity contribution in [2.75, 3.05) is 0 Å². The largest absolute Gasteiger partial charge is 0.385 e. The van der Waals surface area contributed by atoms with Gasteiger partial charge in [-0.15, -0.1) is 0 Å². The molecule has 0 aromatic rings. The third-order valence-electron chi connectivity index (χ3n) is 4.58. The summed E-state index contributed by atoms with van der Waals surface area (Å²) in [6, 6.07) is 0. The Labute approximate surface area is 78.9 Å². The van der Waals surface area contributed by atoms with E-state index in [2.05, 4.69) is 13.8 Å². The van der Waals surface area contributed by atoms with Gasteiger partial charge in [0.05, 0.1) is 0 Å². The van der Waals surface area contributed by atoms with Crippen molar-refractivity contribution >= 4 is 0 Å². The molecule has 4 atom stereocenters. The summed E-state index contributed by atoms with van der Waals surface area (Å²) in [6.45, 7) is 5.96. The minimum Gasteiger partial charge on any atom is -0.385 e. The van der Waals surface area contributed by atoms with Crippen molar-refractivity contribution in [2.45, 2.75) is 44.9 Å². The van der Waals surface area contributed by atoms with Crippen LogP contribution in [-0.4, -0.2) is 21.5 Å². The summed E-state index contributed by atoms with van der Waals surface area (Å²) in [6.07, 6.45) is 1.52. The van der Waals surface area contributed by atoms with E-state index in [9.17, 15) is 10.2 Å². The summed E-state index contributed by atoms with van der Waals surface area (Å²) in [4.78, 5) is 0. The van der Waals surface area contributed by atoms with Crippen LogP contribution in [0.2, 0.25) is 0 Å². The first-order valence-corrected chi connectivity index (χ1v) is 4.93. The molecule has 76 valence electrons. The van der Waals surface area contributed by atoms with Crippen LogP contribution in [0.3, 0.4) is 0 Å². The predicted octanol–water partition coefficient (Wildman–Crippen LogP) is 0.451. The van der Waals surface area contributed by atoms with E-state index in [0.29, 0.717) is 12.3 Å². The molecule has 0 heterocycles. The van der Waals surface area contributed by atoms with E-state index in [1.54, 1.807) is 6.92 Å². The zero-order chi connectivity index (χ0) is 10.1. The van der Waals surface area contributed by atoms with Crippen molar-refractivity contribution in [3.8, 4) is 0 Å². The van der Waals surface area contributed by atoms with Gasteiger partial charge in [-0.2, -0.15) is 0 Å². The van der Waals surface area contributed by atoms with E-state index in [0.717, 1.165) is 6.42 Å². The van der Waals surface area contributed by atoms with E-state index >= 15 is 0 Å². The molecule has 4 N–H and O–H groups in total. The van der Waals surface area contributed by atoms with Gasteiger partial charge in [-0.25, -0.2) is 0 Å². The van der Waals surface area contributed by atoms with Crippen LogP contribution in [0.1, 0.15) is 33.6 Å². The highest BCUT2D eigenvalue weighted by molar-refractivity contribution is 5.16. The van der Waals surface area contributed by atoms with Gasteiger partial charge in [0, 0.05) is 0 Å². The second-order valence-electron chi connectivity index (χ2n) is 5.58.